The molecule has 0 bridgehead atoms. The number of nitrogens with one attached hydrogen (secondary N) is 1. The second-order valence-corrected chi connectivity index (χ2v) is 5.80. The van der Waals surface area contributed by atoms with E-state index in [0.717, 1.165) is 12.0 Å². The number of amides is 1. The number of anilines is 1. The van der Waals surface area contributed by atoms with Crippen LogP contribution in [0.25, 0.3) is 0 Å². The van der Waals surface area contributed by atoms with Crippen LogP contribution in [0, 0.1) is 10.1 Å². The minimum atomic E-state index is -0.585. The van der Waals surface area contributed by atoms with E-state index in [1.54, 1.807) is 0 Å². The second-order valence-electron chi connectivity index (χ2n) is 4.95. The Morgan fingerprint density at radius 2 is 1.83 bits per heavy atom. The number of nitrogens with zero attached hydrogens (tertiary/aromatic N) is 1. The molecule has 0 radical (unpaired) electrons. The highest BCUT2D eigenvalue weighted by atomic mass is 35.5. The molecule has 2 aromatic carbocycles. The first-order chi connectivity index (χ1) is 11.0. The normalized spacial score (nSPS) is 10.3. The predicted molar refractivity (Wildman–Crippen MR) is 91.1 cm³/mol. The Kier molecular flexibility index (Phi) is 5.96. The largest absolute Gasteiger partial charge is 0.326 e. The zero-order valence-corrected chi connectivity index (χ0v) is 13.6. The van der Waals surface area contributed by atoms with Crippen molar-refractivity contribution in [1.82, 2.24) is 0 Å². The van der Waals surface area contributed by atoms with Crippen molar-refractivity contribution in [2.75, 3.05) is 5.32 Å². The third-order valence-electron chi connectivity index (χ3n) is 3.21. The van der Waals surface area contributed by atoms with Gasteiger partial charge in [0, 0.05) is 23.2 Å². The lowest BCUT2D eigenvalue weighted by Gasteiger charge is -2.06. The molecule has 0 aliphatic heterocycles. The van der Waals surface area contributed by atoms with E-state index in [2.05, 4.69) is 5.32 Å². The van der Waals surface area contributed by atoms with Crippen LogP contribution in [0.3, 0.4) is 0 Å². The Morgan fingerprint density at radius 3 is 2.48 bits per heavy atom. The summed E-state index contributed by atoms with van der Waals surface area (Å²) in [6.45, 7) is 0. The average molecular weight is 353 g/mol. The minimum absolute atomic E-state index is 0.0377. The molecular weight excluding hydrogens is 339 g/mol. The van der Waals surface area contributed by atoms with Crippen LogP contribution in [0.2, 0.25) is 10.0 Å². The molecule has 5 nitrogen and oxygen atoms in total. The van der Waals surface area contributed by atoms with Gasteiger partial charge in [0.15, 0.2) is 0 Å². The molecule has 0 saturated heterocycles. The van der Waals surface area contributed by atoms with Crippen molar-refractivity contribution in [1.29, 1.82) is 0 Å². The van der Waals surface area contributed by atoms with E-state index in [-0.39, 0.29) is 16.6 Å². The number of nitro benzene ring substituents is 1. The zero-order valence-electron chi connectivity index (χ0n) is 12.1. The van der Waals surface area contributed by atoms with Gasteiger partial charge in [-0.3, -0.25) is 14.9 Å². The summed E-state index contributed by atoms with van der Waals surface area (Å²) < 4.78 is 0. The van der Waals surface area contributed by atoms with Crippen LogP contribution in [-0.4, -0.2) is 10.8 Å². The number of carbonyl (C=O) groups is 1. The van der Waals surface area contributed by atoms with Gasteiger partial charge in [-0.25, -0.2) is 0 Å². The van der Waals surface area contributed by atoms with Gasteiger partial charge in [0.1, 0.15) is 5.02 Å². The van der Waals surface area contributed by atoms with Gasteiger partial charge in [0.05, 0.1) is 4.92 Å². The molecule has 0 aromatic heterocycles. The second kappa shape index (κ2) is 7.94. The number of benzene rings is 2. The maximum absolute atomic E-state index is 11.9. The van der Waals surface area contributed by atoms with Crippen molar-refractivity contribution in [2.45, 2.75) is 19.3 Å². The fourth-order valence-corrected chi connectivity index (χ4v) is 2.37. The highest BCUT2D eigenvalue weighted by Gasteiger charge is 2.13. The standard InChI is InChI=1S/C16H14Cl2N2O3/c17-12-6-4-11(5-7-12)2-1-3-16(21)19-13-8-9-14(18)15(10-13)20(22)23/h4-10H,1-3H2,(H,19,21). The van der Waals surface area contributed by atoms with Crippen LogP contribution >= 0.6 is 23.2 Å². The van der Waals surface area contributed by atoms with Crippen molar-refractivity contribution in [3.63, 3.8) is 0 Å². The van der Waals surface area contributed by atoms with Crippen LogP contribution in [0.5, 0.6) is 0 Å². The topological polar surface area (TPSA) is 72.2 Å². The van der Waals surface area contributed by atoms with Crippen molar-refractivity contribution in [3.05, 3.63) is 68.2 Å². The molecule has 1 N–H and O–H groups in total. The summed E-state index contributed by atoms with van der Waals surface area (Å²) >= 11 is 11.5. The Labute approximate surface area is 143 Å². The van der Waals surface area contributed by atoms with Crippen LogP contribution in [-0.2, 0) is 11.2 Å². The molecule has 0 unspecified atom stereocenters. The van der Waals surface area contributed by atoms with Gasteiger partial charge in [0.25, 0.3) is 5.69 Å². The van der Waals surface area contributed by atoms with Gasteiger partial charge in [-0.05, 0) is 42.7 Å². The molecule has 2 aromatic rings. The maximum Gasteiger partial charge on any atom is 0.289 e. The van der Waals surface area contributed by atoms with E-state index in [1.165, 1.54) is 18.2 Å². The van der Waals surface area contributed by atoms with Crippen molar-refractivity contribution in [2.24, 2.45) is 0 Å². The highest BCUT2D eigenvalue weighted by molar-refractivity contribution is 6.32. The summed E-state index contributed by atoms with van der Waals surface area (Å²) in [4.78, 5) is 22.1. The lowest BCUT2D eigenvalue weighted by molar-refractivity contribution is -0.384. The van der Waals surface area contributed by atoms with Gasteiger partial charge in [-0.15, -0.1) is 0 Å². The Balaban J connectivity index is 1.86. The summed E-state index contributed by atoms with van der Waals surface area (Å²) in [6, 6.07) is 11.6. The molecule has 0 heterocycles. The lowest BCUT2D eigenvalue weighted by atomic mass is 10.1. The summed E-state index contributed by atoms with van der Waals surface area (Å²) in [5.41, 5.74) is 1.23. The third-order valence-corrected chi connectivity index (χ3v) is 3.78. The molecule has 2 rings (SSSR count). The summed E-state index contributed by atoms with van der Waals surface area (Å²) in [5.74, 6) is -0.199. The molecule has 120 valence electrons. The molecule has 7 heteroatoms. The molecule has 1 amide bonds. The fourth-order valence-electron chi connectivity index (χ4n) is 2.06. The first-order valence-corrected chi connectivity index (χ1v) is 7.69. The van der Waals surface area contributed by atoms with Crippen molar-refractivity contribution < 1.29 is 9.72 Å². The monoisotopic (exact) mass is 352 g/mol. The Morgan fingerprint density at radius 1 is 1.13 bits per heavy atom. The molecular formula is C16H14Cl2N2O3. The van der Waals surface area contributed by atoms with Gasteiger partial charge in [-0.1, -0.05) is 35.3 Å². The number of hydrogen-bond acceptors (Lipinski definition) is 3. The van der Waals surface area contributed by atoms with Gasteiger partial charge >= 0.3 is 0 Å². The smallest absolute Gasteiger partial charge is 0.289 e. The first kappa shape index (κ1) is 17.2. The molecule has 0 spiro atoms. The fraction of sp³-hybridized carbons (Fsp3) is 0.188. The van der Waals surface area contributed by atoms with Crippen LogP contribution in [0.15, 0.2) is 42.5 Å². The zero-order chi connectivity index (χ0) is 16.8. The maximum atomic E-state index is 11.9. The number of halogens is 2. The van der Waals surface area contributed by atoms with E-state index in [4.69, 9.17) is 23.2 Å². The van der Waals surface area contributed by atoms with E-state index in [0.29, 0.717) is 23.6 Å². The molecule has 0 fully saturated rings. The Bertz CT molecular complexity index is 718. The molecule has 0 aliphatic carbocycles. The van der Waals surface area contributed by atoms with Crippen molar-refractivity contribution in [3.8, 4) is 0 Å². The number of nitro groups is 1. The molecule has 0 saturated carbocycles. The number of hydrogen-bond donors (Lipinski definition) is 1. The summed E-state index contributed by atoms with van der Waals surface area (Å²) in [5, 5.41) is 14.2. The predicted octanol–water partition coefficient (Wildman–Crippen LogP) is 4.86. The van der Waals surface area contributed by atoms with E-state index in [9.17, 15) is 14.9 Å². The van der Waals surface area contributed by atoms with Crippen molar-refractivity contribution >= 4 is 40.5 Å². The number of carbonyl (C=O) groups excluding carboxylic acids is 1. The van der Waals surface area contributed by atoms with Crippen LogP contribution in [0.1, 0.15) is 18.4 Å². The summed E-state index contributed by atoms with van der Waals surface area (Å²) in [7, 11) is 0. The lowest BCUT2D eigenvalue weighted by Crippen LogP contribution is -2.11. The SMILES string of the molecule is O=C(CCCc1ccc(Cl)cc1)Nc1ccc(Cl)c([N+](=O)[O-])c1. The molecule has 0 atom stereocenters. The number of rotatable bonds is 6. The summed E-state index contributed by atoms with van der Waals surface area (Å²) in [6.07, 6.45) is 1.74. The quantitative estimate of drug-likeness (QED) is 0.595. The average Bonchev–Trinajstić information content (AvgIpc) is 2.51. The van der Waals surface area contributed by atoms with E-state index in [1.807, 2.05) is 24.3 Å². The highest BCUT2D eigenvalue weighted by Crippen LogP contribution is 2.27. The van der Waals surface area contributed by atoms with Crippen LogP contribution in [0.4, 0.5) is 11.4 Å². The molecule has 23 heavy (non-hydrogen) atoms. The third kappa shape index (κ3) is 5.23. The van der Waals surface area contributed by atoms with Gasteiger partial charge in [0.2, 0.25) is 5.91 Å². The van der Waals surface area contributed by atoms with E-state index >= 15 is 0 Å². The molecule has 0 aliphatic rings. The van der Waals surface area contributed by atoms with Crippen LogP contribution < -0.4 is 5.32 Å². The van der Waals surface area contributed by atoms with E-state index < -0.39 is 4.92 Å². The number of aryl methyl sites for hydroxylation is 1. The minimum Gasteiger partial charge on any atom is -0.326 e. The van der Waals surface area contributed by atoms with Gasteiger partial charge < -0.3 is 5.32 Å². The Hall–Kier alpha value is -2.11. The van der Waals surface area contributed by atoms with Gasteiger partial charge in [-0.2, -0.15) is 0 Å². The first-order valence-electron chi connectivity index (χ1n) is 6.94.